The molecule has 1 atom stereocenters. The lowest BCUT2D eigenvalue weighted by Crippen LogP contribution is -2.33. The molecule has 0 saturated carbocycles. The number of rotatable bonds is 7. The van der Waals surface area contributed by atoms with Crippen molar-refractivity contribution in [2.75, 3.05) is 13.1 Å². The van der Waals surface area contributed by atoms with Crippen molar-refractivity contribution < 1.29 is 9.50 Å². The van der Waals surface area contributed by atoms with Crippen molar-refractivity contribution in [3.8, 4) is 0 Å². The molecular formula is C16H26FNO. The molecule has 0 aliphatic carbocycles. The molecule has 1 aromatic rings. The first-order chi connectivity index (χ1) is 8.80. The minimum Gasteiger partial charge on any atom is -0.390 e. The average molecular weight is 267 g/mol. The van der Waals surface area contributed by atoms with Crippen LogP contribution in [0.4, 0.5) is 4.39 Å². The van der Waals surface area contributed by atoms with Gasteiger partial charge in [0.05, 0.1) is 5.60 Å². The minimum absolute atomic E-state index is 0.241. The third-order valence-electron chi connectivity index (χ3n) is 3.28. The van der Waals surface area contributed by atoms with Gasteiger partial charge in [0.1, 0.15) is 5.82 Å². The first-order valence-corrected chi connectivity index (χ1v) is 6.98. The Kier molecular flexibility index (Phi) is 5.95. The van der Waals surface area contributed by atoms with Crippen LogP contribution in [0.5, 0.6) is 0 Å². The van der Waals surface area contributed by atoms with Crippen LogP contribution in [0.1, 0.15) is 38.3 Å². The molecule has 0 aliphatic rings. The molecule has 0 fully saturated rings. The summed E-state index contributed by atoms with van der Waals surface area (Å²) >= 11 is 0. The highest BCUT2D eigenvalue weighted by molar-refractivity contribution is 5.27. The minimum atomic E-state index is -0.803. The zero-order valence-corrected chi connectivity index (χ0v) is 12.5. The van der Waals surface area contributed by atoms with Crippen molar-refractivity contribution >= 4 is 0 Å². The van der Waals surface area contributed by atoms with Crippen molar-refractivity contribution in [2.24, 2.45) is 5.92 Å². The maximum atomic E-state index is 13.2. The van der Waals surface area contributed by atoms with Gasteiger partial charge in [0, 0.05) is 6.42 Å². The van der Waals surface area contributed by atoms with Gasteiger partial charge in [0.15, 0.2) is 0 Å². The lowest BCUT2D eigenvalue weighted by Gasteiger charge is -2.24. The fraction of sp³-hybridized carbons (Fsp3) is 0.625. The molecule has 1 unspecified atom stereocenters. The summed E-state index contributed by atoms with van der Waals surface area (Å²) in [5.74, 6) is 0.366. The van der Waals surface area contributed by atoms with E-state index in [0.717, 1.165) is 24.2 Å². The van der Waals surface area contributed by atoms with E-state index in [9.17, 15) is 9.50 Å². The van der Waals surface area contributed by atoms with E-state index >= 15 is 0 Å². The summed E-state index contributed by atoms with van der Waals surface area (Å²) in [6, 6.07) is 4.74. The summed E-state index contributed by atoms with van der Waals surface area (Å²) in [6.45, 7) is 9.80. The maximum Gasteiger partial charge on any atom is 0.123 e. The Bertz CT molecular complexity index is 402. The average Bonchev–Trinajstić information content (AvgIpc) is 2.29. The third-order valence-corrected chi connectivity index (χ3v) is 3.28. The van der Waals surface area contributed by atoms with E-state index in [1.54, 1.807) is 6.07 Å². The molecule has 1 aromatic carbocycles. The van der Waals surface area contributed by atoms with Gasteiger partial charge in [-0.2, -0.15) is 0 Å². The highest BCUT2D eigenvalue weighted by Crippen LogP contribution is 2.20. The molecule has 0 spiro atoms. The smallest absolute Gasteiger partial charge is 0.123 e. The molecule has 108 valence electrons. The molecule has 2 nitrogen and oxygen atoms in total. The van der Waals surface area contributed by atoms with Gasteiger partial charge >= 0.3 is 0 Å². The number of aryl methyl sites for hydroxylation is 1. The summed E-state index contributed by atoms with van der Waals surface area (Å²) in [6.07, 6.45) is 1.15. The monoisotopic (exact) mass is 267 g/mol. The van der Waals surface area contributed by atoms with Crippen LogP contribution in [0.2, 0.25) is 0 Å². The molecule has 0 saturated heterocycles. The fourth-order valence-electron chi connectivity index (χ4n) is 2.08. The molecule has 0 radical (unpaired) electrons. The van der Waals surface area contributed by atoms with E-state index in [-0.39, 0.29) is 5.82 Å². The van der Waals surface area contributed by atoms with Gasteiger partial charge in [-0.3, -0.25) is 0 Å². The van der Waals surface area contributed by atoms with Gasteiger partial charge in [-0.1, -0.05) is 19.9 Å². The van der Waals surface area contributed by atoms with Gasteiger partial charge < -0.3 is 10.4 Å². The molecule has 3 heteroatoms. The van der Waals surface area contributed by atoms with Gasteiger partial charge in [0.25, 0.3) is 0 Å². The quantitative estimate of drug-likeness (QED) is 0.744. The van der Waals surface area contributed by atoms with E-state index in [1.165, 1.54) is 12.1 Å². The summed E-state index contributed by atoms with van der Waals surface area (Å²) in [5.41, 5.74) is 1.10. The molecule has 2 N–H and O–H groups in total. The molecule has 0 amide bonds. The van der Waals surface area contributed by atoms with Gasteiger partial charge in [-0.25, -0.2) is 4.39 Å². The van der Waals surface area contributed by atoms with Gasteiger partial charge in [-0.05, 0) is 62.5 Å². The number of benzene rings is 1. The largest absolute Gasteiger partial charge is 0.390 e. The summed E-state index contributed by atoms with van der Waals surface area (Å²) in [5, 5.41) is 13.7. The first-order valence-electron chi connectivity index (χ1n) is 6.98. The number of hydrogen-bond donors (Lipinski definition) is 2. The number of halogens is 1. The second kappa shape index (κ2) is 7.01. The summed E-state index contributed by atoms with van der Waals surface area (Å²) in [7, 11) is 0. The van der Waals surface area contributed by atoms with Crippen LogP contribution in [-0.4, -0.2) is 23.8 Å². The number of nitrogens with one attached hydrogen (secondary N) is 1. The Morgan fingerprint density at radius 3 is 2.68 bits per heavy atom. The van der Waals surface area contributed by atoms with Crippen LogP contribution in [0.3, 0.4) is 0 Å². The van der Waals surface area contributed by atoms with Gasteiger partial charge in [-0.15, -0.1) is 0 Å². The van der Waals surface area contributed by atoms with Crippen LogP contribution >= 0.6 is 0 Å². The summed E-state index contributed by atoms with van der Waals surface area (Å²) in [4.78, 5) is 0. The Hall–Kier alpha value is -0.930. The predicted molar refractivity (Wildman–Crippen MR) is 77.8 cm³/mol. The van der Waals surface area contributed by atoms with Crippen molar-refractivity contribution in [1.82, 2.24) is 5.32 Å². The Labute approximate surface area is 116 Å². The lowest BCUT2D eigenvalue weighted by molar-refractivity contribution is 0.0512. The Morgan fingerprint density at radius 2 is 2.05 bits per heavy atom. The second-order valence-electron chi connectivity index (χ2n) is 6.09. The Balaban J connectivity index is 2.51. The van der Waals surface area contributed by atoms with Crippen LogP contribution in [0, 0.1) is 18.7 Å². The maximum absolute atomic E-state index is 13.2. The standard InChI is InChI=1S/C16H26FNO/c1-12(2)11-18-8-7-16(4,19)10-14-9-15(17)6-5-13(14)3/h5-6,9,12,18-19H,7-8,10-11H2,1-4H3. The van der Waals surface area contributed by atoms with Crippen molar-refractivity contribution in [2.45, 2.75) is 46.1 Å². The van der Waals surface area contributed by atoms with E-state index in [2.05, 4.69) is 19.2 Å². The molecular weight excluding hydrogens is 241 g/mol. The molecule has 0 heterocycles. The zero-order chi connectivity index (χ0) is 14.5. The van der Waals surface area contributed by atoms with Gasteiger partial charge in [0.2, 0.25) is 0 Å². The topological polar surface area (TPSA) is 32.3 Å². The molecule has 0 bridgehead atoms. The first kappa shape index (κ1) is 16.1. The highest BCUT2D eigenvalue weighted by Gasteiger charge is 2.21. The number of hydrogen-bond acceptors (Lipinski definition) is 2. The highest BCUT2D eigenvalue weighted by atomic mass is 19.1. The van der Waals surface area contributed by atoms with Crippen molar-refractivity contribution in [3.63, 3.8) is 0 Å². The fourth-order valence-corrected chi connectivity index (χ4v) is 2.08. The van der Waals surface area contributed by atoms with Crippen molar-refractivity contribution in [1.29, 1.82) is 0 Å². The van der Waals surface area contributed by atoms with E-state index < -0.39 is 5.60 Å². The third kappa shape index (κ3) is 6.17. The molecule has 1 rings (SSSR count). The molecule has 0 aromatic heterocycles. The van der Waals surface area contributed by atoms with E-state index in [4.69, 9.17) is 0 Å². The van der Waals surface area contributed by atoms with E-state index in [0.29, 0.717) is 18.8 Å². The van der Waals surface area contributed by atoms with Crippen molar-refractivity contribution in [3.05, 3.63) is 35.1 Å². The lowest BCUT2D eigenvalue weighted by atomic mass is 9.91. The van der Waals surface area contributed by atoms with Crippen LogP contribution in [-0.2, 0) is 6.42 Å². The van der Waals surface area contributed by atoms with Crippen LogP contribution in [0.15, 0.2) is 18.2 Å². The van der Waals surface area contributed by atoms with Crippen LogP contribution < -0.4 is 5.32 Å². The van der Waals surface area contributed by atoms with Crippen LogP contribution in [0.25, 0.3) is 0 Å². The molecule has 0 aliphatic heterocycles. The predicted octanol–water partition coefficient (Wildman–Crippen LogP) is 3.06. The zero-order valence-electron chi connectivity index (χ0n) is 12.5. The molecule has 19 heavy (non-hydrogen) atoms. The summed E-state index contributed by atoms with van der Waals surface area (Å²) < 4.78 is 13.2. The number of aliphatic hydroxyl groups is 1. The normalized spacial score (nSPS) is 14.7. The SMILES string of the molecule is Cc1ccc(F)cc1CC(C)(O)CCNCC(C)C. The second-order valence-corrected chi connectivity index (χ2v) is 6.09. The Morgan fingerprint density at radius 1 is 1.37 bits per heavy atom. The van der Waals surface area contributed by atoms with E-state index in [1.807, 2.05) is 13.8 Å².